The van der Waals surface area contributed by atoms with E-state index in [1.165, 1.54) is 4.90 Å². The van der Waals surface area contributed by atoms with Crippen molar-refractivity contribution in [3.05, 3.63) is 59.4 Å². The van der Waals surface area contributed by atoms with Gasteiger partial charge in [0.05, 0.1) is 18.7 Å². The fourth-order valence-corrected chi connectivity index (χ4v) is 2.51. The Kier molecular flexibility index (Phi) is 5.93. The van der Waals surface area contributed by atoms with Gasteiger partial charge in [0, 0.05) is 12.6 Å². The molecule has 0 radical (unpaired) electrons. The molecule has 27 heavy (non-hydrogen) atoms. The van der Waals surface area contributed by atoms with Crippen LogP contribution in [-0.4, -0.2) is 41.7 Å². The van der Waals surface area contributed by atoms with E-state index in [9.17, 15) is 4.79 Å². The Morgan fingerprint density at radius 1 is 1.15 bits per heavy atom. The van der Waals surface area contributed by atoms with Crippen LogP contribution in [0.2, 0.25) is 5.02 Å². The predicted molar refractivity (Wildman–Crippen MR) is 99.7 cm³/mol. The number of ether oxygens (including phenoxy) is 2. The minimum Gasteiger partial charge on any atom is -0.497 e. The lowest BCUT2D eigenvalue weighted by molar-refractivity contribution is -0.132. The minimum absolute atomic E-state index is 0.103. The summed E-state index contributed by atoms with van der Waals surface area (Å²) in [6, 6.07) is 14.2. The van der Waals surface area contributed by atoms with Crippen LogP contribution < -0.4 is 9.47 Å². The molecule has 0 saturated carbocycles. The molecule has 0 atom stereocenters. The normalized spacial score (nSPS) is 10.5. The lowest BCUT2D eigenvalue weighted by Gasteiger charge is -2.15. The number of amides is 1. The van der Waals surface area contributed by atoms with E-state index in [-0.39, 0.29) is 19.1 Å². The maximum Gasteiger partial charge on any atom is 0.260 e. The van der Waals surface area contributed by atoms with E-state index in [1.807, 2.05) is 12.1 Å². The zero-order valence-electron chi connectivity index (χ0n) is 14.9. The number of methoxy groups -OCH3 is 1. The predicted octanol–water partition coefficient (Wildman–Crippen LogP) is 3.44. The maximum atomic E-state index is 12.2. The number of rotatable bonds is 7. The van der Waals surface area contributed by atoms with E-state index < -0.39 is 0 Å². The molecule has 0 bridgehead atoms. The lowest BCUT2D eigenvalue weighted by atomic mass is 10.2. The molecule has 0 aliphatic rings. The Morgan fingerprint density at radius 2 is 1.85 bits per heavy atom. The Morgan fingerprint density at radius 3 is 2.56 bits per heavy atom. The topological polar surface area (TPSA) is 77.7 Å². The van der Waals surface area contributed by atoms with Crippen molar-refractivity contribution in [1.82, 2.24) is 15.0 Å². The van der Waals surface area contributed by atoms with Crippen LogP contribution in [0.25, 0.3) is 11.4 Å². The van der Waals surface area contributed by atoms with Crippen LogP contribution in [-0.2, 0) is 11.3 Å². The average molecular weight is 388 g/mol. The largest absolute Gasteiger partial charge is 0.497 e. The van der Waals surface area contributed by atoms with Crippen LogP contribution in [0.5, 0.6) is 11.5 Å². The summed E-state index contributed by atoms with van der Waals surface area (Å²) in [6.07, 6.45) is 0. The molecule has 1 heterocycles. The molecule has 3 aromatic rings. The summed E-state index contributed by atoms with van der Waals surface area (Å²) in [5.41, 5.74) is 0.672. The summed E-state index contributed by atoms with van der Waals surface area (Å²) in [7, 11) is 3.22. The Hall–Kier alpha value is -3.06. The van der Waals surface area contributed by atoms with E-state index >= 15 is 0 Å². The molecule has 0 spiro atoms. The summed E-state index contributed by atoms with van der Waals surface area (Å²) >= 11 is 6.13. The summed E-state index contributed by atoms with van der Waals surface area (Å²) in [4.78, 5) is 18.0. The molecule has 0 aliphatic carbocycles. The van der Waals surface area contributed by atoms with Gasteiger partial charge in [0.2, 0.25) is 11.7 Å². The molecule has 3 rings (SSSR count). The number of hydrogen-bond acceptors (Lipinski definition) is 6. The zero-order valence-corrected chi connectivity index (χ0v) is 15.6. The van der Waals surface area contributed by atoms with E-state index in [0.29, 0.717) is 28.1 Å². The van der Waals surface area contributed by atoms with E-state index in [1.54, 1.807) is 50.6 Å². The van der Waals surface area contributed by atoms with Crippen LogP contribution in [0.1, 0.15) is 5.89 Å². The molecular weight excluding hydrogens is 370 g/mol. The van der Waals surface area contributed by atoms with Crippen LogP contribution in [0.3, 0.4) is 0 Å². The SMILES string of the molecule is COc1ccc(OCC(=O)N(C)Cc2nc(-c3ccccc3Cl)no2)cc1. The molecule has 7 nitrogen and oxygen atoms in total. The highest BCUT2D eigenvalue weighted by Gasteiger charge is 2.16. The second-order valence-electron chi connectivity index (χ2n) is 5.71. The van der Waals surface area contributed by atoms with Crippen molar-refractivity contribution in [2.24, 2.45) is 0 Å². The molecule has 0 saturated heterocycles. The van der Waals surface area contributed by atoms with Crippen molar-refractivity contribution >= 4 is 17.5 Å². The Bertz CT molecular complexity index is 911. The Labute approximate surface area is 161 Å². The highest BCUT2D eigenvalue weighted by molar-refractivity contribution is 6.33. The van der Waals surface area contributed by atoms with Crippen LogP contribution in [0, 0.1) is 0 Å². The summed E-state index contributed by atoms with van der Waals surface area (Å²) in [6.45, 7) is 0.0661. The van der Waals surface area contributed by atoms with Crippen molar-refractivity contribution in [3.63, 3.8) is 0 Å². The zero-order chi connectivity index (χ0) is 19.2. The number of nitrogens with zero attached hydrogens (tertiary/aromatic N) is 3. The van der Waals surface area contributed by atoms with Crippen LogP contribution >= 0.6 is 11.6 Å². The molecule has 0 aliphatic heterocycles. The molecule has 0 fully saturated rings. The van der Waals surface area contributed by atoms with Crippen LogP contribution in [0.4, 0.5) is 0 Å². The molecule has 2 aromatic carbocycles. The van der Waals surface area contributed by atoms with Crippen molar-refractivity contribution in [2.75, 3.05) is 20.8 Å². The van der Waals surface area contributed by atoms with E-state index in [2.05, 4.69) is 10.1 Å². The first-order chi connectivity index (χ1) is 13.1. The first kappa shape index (κ1) is 18.7. The molecule has 1 aromatic heterocycles. The molecule has 1 amide bonds. The van der Waals surface area contributed by atoms with Crippen molar-refractivity contribution in [2.45, 2.75) is 6.54 Å². The molecule has 0 unspecified atom stereocenters. The van der Waals surface area contributed by atoms with Crippen molar-refractivity contribution in [1.29, 1.82) is 0 Å². The molecule has 140 valence electrons. The average Bonchev–Trinajstić information content (AvgIpc) is 3.15. The van der Waals surface area contributed by atoms with Crippen molar-refractivity contribution < 1.29 is 18.8 Å². The van der Waals surface area contributed by atoms with Gasteiger partial charge in [-0.2, -0.15) is 4.98 Å². The summed E-state index contributed by atoms with van der Waals surface area (Å²) < 4.78 is 15.8. The Balaban J connectivity index is 1.56. The van der Waals surface area contributed by atoms with Crippen LogP contribution in [0.15, 0.2) is 53.1 Å². The third kappa shape index (κ3) is 4.77. The number of likely N-dealkylation sites (N-methyl/N-ethyl adjacent to an activating group) is 1. The van der Waals surface area contributed by atoms with Gasteiger partial charge in [-0.1, -0.05) is 28.9 Å². The lowest BCUT2D eigenvalue weighted by Crippen LogP contribution is -2.31. The number of carbonyl (C=O) groups is 1. The van der Waals surface area contributed by atoms with Crippen molar-refractivity contribution in [3.8, 4) is 22.9 Å². The minimum atomic E-state index is -0.219. The van der Waals surface area contributed by atoms with Gasteiger partial charge >= 0.3 is 0 Å². The summed E-state index contributed by atoms with van der Waals surface area (Å²) in [5.74, 6) is 1.77. The van der Waals surface area contributed by atoms with Gasteiger partial charge in [-0.3, -0.25) is 4.79 Å². The fourth-order valence-electron chi connectivity index (χ4n) is 2.29. The number of halogens is 1. The fraction of sp³-hybridized carbons (Fsp3) is 0.211. The van der Waals surface area contributed by atoms with Gasteiger partial charge in [-0.15, -0.1) is 0 Å². The molecule has 0 N–H and O–H groups in total. The highest BCUT2D eigenvalue weighted by atomic mass is 35.5. The van der Waals surface area contributed by atoms with Gasteiger partial charge in [0.1, 0.15) is 11.5 Å². The van der Waals surface area contributed by atoms with E-state index in [0.717, 1.165) is 5.75 Å². The smallest absolute Gasteiger partial charge is 0.260 e. The van der Waals surface area contributed by atoms with Gasteiger partial charge in [0.15, 0.2) is 6.61 Å². The number of carbonyl (C=O) groups excluding carboxylic acids is 1. The third-order valence-corrected chi connectivity index (χ3v) is 4.13. The number of benzene rings is 2. The first-order valence-electron chi connectivity index (χ1n) is 8.15. The third-order valence-electron chi connectivity index (χ3n) is 3.80. The second-order valence-corrected chi connectivity index (χ2v) is 6.11. The summed E-state index contributed by atoms with van der Waals surface area (Å²) in [5, 5.41) is 4.45. The second kappa shape index (κ2) is 8.55. The number of aromatic nitrogens is 2. The van der Waals surface area contributed by atoms with Gasteiger partial charge in [-0.05, 0) is 36.4 Å². The first-order valence-corrected chi connectivity index (χ1v) is 8.53. The number of hydrogen-bond donors (Lipinski definition) is 0. The van der Waals surface area contributed by atoms with E-state index in [4.69, 9.17) is 25.6 Å². The van der Waals surface area contributed by atoms with Gasteiger partial charge in [0.25, 0.3) is 5.91 Å². The molecular formula is C19H18ClN3O4. The monoisotopic (exact) mass is 387 g/mol. The maximum absolute atomic E-state index is 12.2. The standard InChI is InChI=1S/C19H18ClN3O4/c1-23(18(24)12-26-14-9-7-13(25-2)8-10-14)11-17-21-19(22-27-17)15-5-3-4-6-16(15)20/h3-10H,11-12H2,1-2H3. The van der Waals surface area contributed by atoms with Gasteiger partial charge in [-0.25, -0.2) is 0 Å². The molecule has 8 heteroatoms. The quantitative estimate of drug-likeness (QED) is 0.618. The van der Waals surface area contributed by atoms with Gasteiger partial charge < -0.3 is 18.9 Å². The highest BCUT2D eigenvalue weighted by Crippen LogP contribution is 2.25.